The lowest BCUT2D eigenvalue weighted by Gasteiger charge is -2.31. The van der Waals surface area contributed by atoms with Gasteiger partial charge in [-0.05, 0) is 42.5 Å². The lowest BCUT2D eigenvalue weighted by Crippen LogP contribution is -2.29. The summed E-state index contributed by atoms with van der Waals surface area (Å²) in [5.74, 6) is -1.56. The first-order valence-corrected chi connectivity index (χ1v) is 11.5. The molecule has 0 fully saturated rings. The maximum absolute atomic E-state index is 13.3. The van der Waals surface area contributed by atoms with Crippen LogP contribution in [0.3, 0.4) is 0 Å². The SMILES string of the molecule is O=C(O)/C=C/C(=O)Nc1cccc(SCC(=O)N2c3ccccc3Sc3ccccc32)c1. The van der Waals surface area contributed by atoms with Crippen LogP contribution in [0.4, 0.5) is 17.1 Å². The monoisotopic (exact) mass is 462 g/mol. The number of amides is 2. The summed E-state index contributed by atoms with van der Waals surface area (Å²) < 4.78 is 0. The summed E-state index contributed by atoms with van der Waals surface area (Å²) in [6.45, 7) is 0. The zero-order valence-electron chi connectivity index (χ0n) is 16.7. The molecule has 1 heterocycles. The van der Waals surface area contributed by atoms with E-state index in [1.165, 1.54) is 11.8 Å². The molecule has 0 unspecified atom stereocenters. The third-order valence-corrected chi connectivity index (χ3v) is 6.63. The number of carbonyl (C=O) groups is 3. The molecular weight excluding hydrogens is 444 g/mol. The number of para-hydroxylation sites is 2. The van der Waals surface area contributed by atoms with E-state index in [1.54, 1.807) is 34.9 Å². The fourth-order valence-corrected chi connectivity index (χ4v) is 5.04. The van der Waals surface area contributed by atoms with Gasteiger partial charge in [-0.3, -0.25) is 14.5 Å². The van der Waals surface area contributed by atoms with Crippen LogP contribution in [-0.2, 0) is 14.4 Å². The van der Waals surface area contributed by atoms with E-state index in [0.717, 1.165) is 38.2 Å². The number of carbonyl (C=O) groups excluding carboxylic acids is 2. The van der Waals surface area contributed by atoms with Crippen molar-refractivity contribution in [1.29, 1.82) is 0 Å². The van der Waals surface area contributed by atoms with Crippen LogP contribution in [0.25, 0.3) is 0 Å². The maximum Gasteiger partial charge on any atom is 0.328 e. The van der Waals surface area contributed by atoms with Crippen molar-refractivity contribution in [2.75, 3.05) is 16.0 Å². The third-order valence-electron chi connectivity index (χ3n) is 4.52. The minimum atomic E-state index is -1.19. The summed E-state index contributed by atoms with van der Waals surface area (Å²) in [5.41, 5.74) is 2.26. The molecule has 3 aromatic rings. The average Bonchev–Trinajstić information content (AvgIpc) is 2.80. The topological polar surface area (TPSA) is 86.7 Å². The van der Waals surface area contributed by atoms with Gasteiger partial charge in [-0.1, -0.05) is 42.1 Å². The number of rotatable bonds is 6. The smallest absolute Gasteiger partial charge is 0.328 e. The molecule has 0 aromatic heterocycles. The summed E-state index contributed by atoms with van der Waals surface area (Å²) in [6, 6.07) is 22.7. The van der Waals surface area contributed by atoms with Crippen LogP contribution >= 0.6 is 23.5 Å². The standard InChI is InChI=1S/C24H18N2O4S2/c27-22(12-13-24(29)30)25-16-6-5-7-17(14-16)31-15-23(28)26-18-8-1-3-10-20(18)32-21-11-4-2-9-19(21)26/h1-14H,15H2,(H,25,27)(H,29,30)/b13-12+. The number of thioether (sulfide) groups is 1. The van der Waals surface area contributed by atoms with Gasteiger partial charge in [0.2, 0.25) is 11.8 Å². The highest BCUT2D eigenvalue weighted by Gasteiger charge is 2.27. The Balaban J connectivity index is 1.48. The van der Waals surface area contributed by atoms with Gasteiger partial charge in [-0.15, -0.1) is 11.8 Å². The Morgan fingerprint density at radius 3 is 2.22 bits per heavy atom. The zero-order valence-corrected chi connectivity index (χ0v) is 18.4. The minimum absolute atomic E-state index is 0.0472. The van der Waals surface area contributed by atoms with E-state index >= 15 is 0 Å². The van der Waals surface area contributed by atoms with Crippen LogP contribution in [-0.4, -0.2) is 28.6 Å². The molecule has 0 bridgehead atoms. The van der Waals surface area contributed by atoms with E-state index in [4.69, 9.17) is 5.11 Å². The molecule has 2 amide bonds. The number of carboxylic acid groups (broad SMARTS) is 1. The van der Waals surface area contributed by atoms with Crippen molar-refractivity contribution < 1.29 is 19.5 Å². The third kappa shape index (κ3) is 5.04. The lowest BCUT2D eigenvalue weighted by molar-refractivity contribution is -0.131. The number of fused-ring (bicyclic) bond motifs is 2. The van der Waals surface area contributed by atoms with Gasteiger partial charge in [0.05, 0.1) is 17.1 Å². The number of aliphatic carboxylic acids is 1. The highest BCUT2D eigenvalue weighted by molar-refractivity contribution is 8.00. The van der Waals surface area contributed by atoms with E-state index in [2.05, 4.69) is 5.32 Å². The number of hydrogen-bond donors (Lipinski definition) is 2. The molecule has 0 aliphatic carbocycles. The summed E-state index contributed by atoms with van der Waals surface area (Å²) in [5, 5.41) is 11.2. The molecular formula is C24H18N2O4S2. The van der Waals surface area contributed by atoms with Crippen molar-refractivity contribution in [3.8, 4) is 0 Å². The number of nitrogens with one attached hydrogen (secondary N) is 1. The van der Waals surface area contributed by atoms with Crippen LogP contribution in [0, 0.1) is 0 Å². The number of benzene rings is 3. The van der Waals surface area contributed by atoms with Crippen LogP contribution in [0.2, 0.25) is 0 Å². The zero-order chi connectivity index (χ0) is 22.5. The second kappa shape index (κ2) is 9.76. The molecule has 3 aromatic carbocycles. The fraction of sp³-hybridized carbons (Fsp3) is 0.0417. The van der Waals surface area contributed by atoms with Crippen molar-refractivity contribution in [2.45, 2.75) is 14.7 Å². The van der Waals surface area contributed by atoms with E-state index < -0.39 is 11.9 Å². The first-order valence-electron chi connectivity index (χ1n) is 9.65. The summed E-state index contributed by atoms with van der Waals surface area (Å²) >= 11 is 3.02. The molecule has 1 aliphatic rings. The van der Waals surface area contributed by atoms with Gasteiger partial charge < -0.3 is 10.4 Å². The van der Waals surface area contributed by atoms with Gasteiger partial charge in [0, 0.05) is 32.5 Å². The van der Waals surface area contributed by atoms with E-state index in [0.29, 0.717) is 5.69 Å². The Morgan fingerprint density at radius 1 is 0.906 bits per heavy atom. The van der Waals surface area contributed by atoms with Crippen molar-refractivity contribution in [1.82, 2.24) is 0 Å². The molecule has 1 aliphatic heterocycles. The Kier molecular flexibility index (Phi) is 6.63. The highest BCUT2D eigenvalue weighted by Crippen LogP contribution is 2.48. The second-order valence-electron chi connectivity index (χ2n) is 6.74. The lowest BCUT2D eigenvalue weighted by atomic mass is 10.2. The summed E-state index contributed by atoms with van der Waals surface area (Å²) in [7, 11) is 0. The normalized spacial score (nSPS) is 12.2. The van der Waals surface area contributed by atoms with Gasteiger partial charge in [-0.2, -0.15) is 0 Å². The molecule has 0 atom stereocenters. The highest BCUT2D eigenvalue weighted by atomic mass is 32.2. The second-order valence-corrected chi connectivity index (χ2v) is 8.88. The summed E-state index contributed by atoms with van der Waals surface area (Å²) in [6.07, 6.45) is 1.73. The van der Waals surface area contributed by atoms with Crippen LogP contribution < -0.4 is 10.2 Å². The van der Waals surface area contributed by atoms with Gasteiger partial charge in [0.15, 0.2) is 0 Å². The van der Waals surface area contributed by atoms with E-state index in [1.807, 2.05) is 54.6 Å². The molecule has 4 rings (SSSR count). The van der Waals surface area contributed by atoms with Crippen LogP contribution in [0.5, 0.6) is 0 Å². The largest absolute Gasteiger partial charge is 0.478 e. The number of hydrogen-bond acceptors (Lipinski definition) is 5. The first kappa shape index (κ1) is 21.7. The minimum Gasteiger partial charge on any atom is -0.478 e. The molecule has 0 radical (unpaired) electrons. The molecule has 0 spiro atoms. The molecule has 32 heavy (non-hydrogen) atoms. The van der Waals surface area contributed by atoms with Gasteiger partial charge in [-0.25, -0.2) is 4.79 Å². The summed E-state index contributed by atoms with van der Waals surface area (Å²) in [4.78, 5) is 40.2. The van der Waals surface area contributed by atoms with Gasteiger partial charge in [0.1, 0.15) is 0 Å². The van der Waals surface area contributed by atoms with Crippen molar-refractivity contribution >= 4 is 58.4 Å². The van der Waals surface area contributed by atoms with Gasteiger partial charge >= 0.3 is 5.97 Å². The molecule has 8 heteroatoms. The maximum atomic E-state index is 13.3. The molecule has 160 valence electrons. The Labute approximate surface area is 193 Å². The molecule has 0 saturated heterocycles. The van der Waals surface area contributed by atoms with Crippen molar-refractivity contribution in [3.63, 3.8) is 0 Å². The number of nitrogens with zero attached hydrogens (tertiary/aromatic N) is 1. The predicted molar refractivity (Wildman–Crippen MR) is 127 cm³/mol. The Morgan fingerprint density at radius 2 is 1.56 bits per heavy atom. The fourth-order valence-electron chi connectivity index (χ4n) is 3.18. The van der Waals surface area contributed by atoms with E-state index in [-0.39, 0.29) is 11.7 Å². The van der Waals surface area contributed by atoms with Crippen LogP contribution in [0.15, 0.2) is 99.6 Å². The predicted octanol–water partition coefficient (Wildman–Crippen LogP) is 5.19. The van der Waals surface area contributed by atoms with Gasteiger partial charge in [0.25, 0.3) is 0 Å². The van der Waals surface area contributed by atoms with Crippen molar-refractivity contribution in [3.05, 3.63) is 84.9 Å². The first-order chi connectivity index (χ1) is 15.5. The van der Waals surface area contributed by atoms with E-state index in [9.17, 15) is 14.4 Å². The number of anilines is 3. The molecule has 0 saturated carbocycles. The van der Waals surface area contributed by atoms with Crippen LogP contribution in [0.1, 0.15) is 0 Å². The van der Waals surface area contributed by atoms with Crippen molar-refractivity contribution in [2.24, 2.45) is 0 Å². The number of carboxylic acids is 1. The Hall–Kier alpha value is -3.49. The quantitative estimate of drug-likeness (QED) is 0.387. The molecule has 6 nitrogen and oxygen atoms in total. The Bertz CT molecular complexity index is 1180. The molecule has 2 N–H and O–H groups in total. The average molecular weight is 463 g/mol.